The van der Waals surface area contributed by atoms with Gasteiger partial charge in [-0.25, -0.2) is 4.68 Å². The van der Waals surface area contributed by atoms with Gasteiger partial charge >= 0.3 is 0 Å². The molecule has 0 aliphatic carbocycles. The molecule has 1 aromatic carbocycles. The second-order valence-electron chi connectivity index (χ2n) is 4.73. The normalized spacial score (nSPS) is 11.5. The lowest BCUT2D eigenvalue weighted by Gasteiger charge is -2.11. The van der Waals surface area contributed by atoms with Gasteiger partial charge in [0.1, 0.15) is 0 Å². The smallest absolute Gasteiger partial charge is 0.237 e. The van der Waals surface area contributed by atoms with E-state index in [9.17, 15) is 4.79 Å². The molecule has 1 atom stereocenters. The molecule has 0 radical (unpaired) electrons. The summed E-state index contributed by atoms with van der Waals surface area (Å²) in [7, 11) is 0. The molecule has 2 aromatic rings. The molecular weight excluding hydrogens is 288 g/mol. The van der Waals surface area contributed by atoms with E-state index in [1.807, 2.05) is 43.5 Å². The van der Waals surface area contributed by atoms with Gasteiger partial charge in [-0.3, -0.25) is 4.79 Å². The second kappa shape index (κ2) is 8.44. The number of carbonyl (C=O) groups is 1. The number of halogens is 1. The van der Waals surface area contributed by atoms with Crippen LogP contribution in [0.5, 0.6) is 0 Å². The predicted octanol–water partition coefficient (Wildman–Crippen LogP) is 2.04. The summed E-state index contributed by atoms with van der Waals surface area (Å²) < 4.78 is 1.79. The number of carbonyl (C=O) groups excluding carboxylic acids is 1. The van der Waals surface area contributed by atoms with Crippen LogP contribution in [0.2, 0.25) is 0 Å². The van der Waals surface area contributed by atoms with Gasteiger partial charge in [-0.1, -0.05) is 25.5 Å². The van der Waals surface area contributed by atoms with Crippen LogP contribution in [-0.2, 0) is 11.3 Å². The Morgan fingerprint density at radius 2 is 2.10 bits per heavy atom. The lowest BCUT2D eigenvalue weighted by molar-refractivity contribution is -0.122. The second-order valence-corrected chi connectivity index (χ2v) is 4.73. The minimum atomic E-state index is -0.414. The van der Waals surface area contributed by atoms with Crippen LogP contribution in [0.3, 0.4) is 0 Å². The molecule has 0 spiro atoms. The third-order valence-electron chi connectivity index (χ3n) is 3.11. The van der Waals surface area contributed by atoms with Crippen molar-refractivity contribution in [3.63, 3.8) is 0 Å². The summed E-state index contributed by atoms with van der Waals surface area (Å²) >= 11 is 0. The Balaban J connectivity index is 0.00000220. The quantitative estimate of drug-likeness (QED) is 0.857. The highest BCUT2D eigenvalue weighted by molar-refractivity contribution is 5.85. The first-order valence-corrected chi connectivity index (χ1v) is 6.83. The molecule has 1 heterocycles. The van der Waals surface area contributed by atoms with Gasteiger partial charge in [0.25, 0.3) is 0 Å². The van der Waals surface area contributed by atoms with E-state index < -0.39 is 6.04 Å². The summed E-state index contributed by atoms with van der Waals surface area (Å²) in [5.74, 6) is -0.0944. The molecule has 0 fully saturated rings. The molecule has 5 nitrogen and oxygen atoms in total. The maximum Gasteiger partial charge on any atom is 0.237 e. The van der Waals surface area contributed by atoms with Gasteiger partial charge in [-0.15, -0.1) is 12.4 Å². The molecule has 0 saturated heterocycles. The number of hydrogen-bond donors (Lipinski definition) is 2. The van der Waals surface area contributed by atoms with Gasteiger partial charge in [0.2, 0.25) is 5.91 Å². The molecule has 1 aromatic heterocycles. The molecule has 114 valence electrons. The SMILES string of the molecule is CCCC(N)C(=O)NCc1ccc(-n2cccn2)cc1.Cl. The van der Waals surface area contributed by atoms with Crippen LogP contribution in [0.15, 0.2) is 42.7 Å². The average Bonchev–Trinajstić information content (AvgIpc) is 2.99. The number of rotatable bonds is 6. The summed E-state index contributed by atoms with van der Waals surface area (Å²) in [5, 5.41) is 7.02. The number of hydrogen-bond acceptors (Lipinski definition) is 3. The molecule has 1 amide bonds. The Kier molecular flexibility index (Phi) is 6.91. The number of aromatic nitrogens is 2. The van der Waals surface area contributed by atoms with E-state index in [2.05, 4.69) is 10.4 Å². The van der Waals surface area contributed by atoms with Crippen molar-refractivity contribution >= 4 is 18.3 Å². The van der Waals surface area contributed by atoms with Gasteiger partial charge in [-0.05, 0) is 30.2 Å². The first-order valence-electron chi connectivity index (χ1n) is 6.83. The molecule has 1 unspecified atom stereocenters. The Hall–Kier alpha value is -1.85. The molecular formula is C15H21ClN4O. The third-order valence-corrected chi connectivity index (χ3v) is 3.11. The maximum absolute atomic E-state index is 11.7. The third kappa shape index (κ3) is 4.88. The van der Waals surface area contributed by atoms with Gasteiger partial charge < -0.3 is 11.1 Å². The lowest BCUT2D eigenvalue weighted by atomic mass is 10.1. The zero-order valence-electron chi connectivity index (χ0n) is 12.0. The standard InChI is InChI=1S/C15H20N4O.ClH/c1-2-4-14(16)15(20)17-11-12-5-7-13(8-6-12)19-10-3-9-18-19;/h3,5-10,14H,2,4,11,16H2,1H3,(H,17,20);1H. The fourth-order valence-electron chi connectivity index (χ4n) is 1.95. The van der Waals surface area contributed by atoms with Crippen LogP contribution < -0.4 is 11.1 Å². The van der Waals surface area contributed by atoms with E-state index in [-0.39, 0.29) is 18.3 Å². The van der Waals surface area contributed by atoms with Crippen molar-refractivity contribution in [1.82, 2.24) is 15.1 Å². The monoisotopic (exact) mass is 308 g/mol. The van der Waals surface area contributed by atoms with Crippen LogP contribution in [-0.4, -0.2) is 21.7 Å². The average molecular weight is 309 g/mol. The first kappa shape index (κ1) is 17.2. The molecule has 2 rings (SSSR count). The highest BCUT2D eigenvalue weighted by Crippen LogP contribution is 2.08. The van der Waals surface area contributed by atoms with Gasteiger partial charge in [0.05, 0.1) is 11.7 Å². The Bertz CT molecular complexity index is 539. The van der Waals surface area contributed by atoms with Crippen molar-refractivity contribution in [3.8, 4) is 5.69 Å². The van der Waals surface area contributed by atoms with Gasteiger partial charge in [0, 0.05) is 18.9 Å². The summed E-state index contributed by atoms with van der Waals surface area (Å²) in [4.78, 5) is 11.7. The number of amides is 1. The van der Waals surface area contributed by atoms with Crippen molar-refractivity contribution in [1.29, 1.82) is 0 Å². The Morgan fingerprint density at radius 3 is 2.67 bits per heavy atom. The zero-order chi connectivity index (χ0) is 14.4. The van der Waals surface area contributed by atoms with Crippen LogP contribution in [0, 0.1) is 0 Å². The van der Waals surface area contributed by atoms with Gasteiger partial charge in [0.15, 0.2) is 0 Å². The van der Waals surface area contributed by atoms with Crippen molar-refractivity contribution in [2.45, 2.75) is 32.4 Å². The van der Waals surface area contributed by atoms with Crippen LogP contribution >= 0.6 is 12.4 Å². The van der Waals surface area contributed by atoms with Crippen LogP contribution in [0.1, 0.15) is 25.3 Å². The van der Waals surface area contributed by atoms with Crippen LogP contribution in [0.25, 0.3) is 5.69 Å². The van der Waals surface area contributed by atoms with E-state index in [4.69, 9.17) is 5.73 Å². The van der Waals surface area contributed by atoms with Crippen molar-refractivity contribution in [3.05, 3.63) is 48.3 Å². The summed E-state index contributed by atoms with van der Waals surface area (Å²) in [6.07, 6.45) is 5.25. The number of nitrogens with two attached hydrogens (primary N) is 1. The topological polar surface area (TPSA) is 72.9 Å². The van der Waals surface area contributed by atoms with E-state index >= 15 is 0 Å². The highest BCUT2D eigenvalue weighted by atomic mass is 35.5. The van der Waals surface area contributed by atoms with E-state index in [1.165, 1.54) is 0 Å². The maximum atomic E-state index is 11.7. The van der Waals surface area contributed by atoms with E-state index in [0.29, 0.717) is 13.0 Å². The largest absolute Gasteiger partial charge is 0.351 e. The van der Waals surface area contributed by atoms with Crippen molar-refractivity contribution in [2.75, 3.05) is 0 Å². The molecule has 0 saturated carbocycles. The van der Waals surface area contributed by atoms with Crippen molar-refractivity contribution in [2.24, 2.45) is 5.73 Å². The summed E-state index contributed by atoms with van der Waals surface area (Å²) in [5.41, 5.74) is 7.79. The summed E-state index contributed by atoms with van der Waals surface area (Å²) in [6.45, 7) is 2.51. The molecule has 21 heavy (non-hydrogen) atoms. The fraction of sp³-hybridized carbons (Fsp3) is 0.333. The van der Waals surface area contributed by atoms with E-state index in [0.717, 1.165) is 17.7 Å². The molecule has 0 bridgehead atoms. The predicted molar refractivity (Wildman–Crippen MR) is 85.5 cm³/mol. The van der Waals surface area contributed by atoms with Gasteiger partial charge in [-0.2, -0.15) is 5.10 Å². The minimum absolute atomic E-state index is 0. The lowest BCUT2D eigenvalue weighted by Crippen LogP contribution is -2.40. The minimum Gasteiger partial charge on any atom is -0.351 e. The number of nitrogens with one attached hydrogen (secondary N) is 1. The molecule has 0 aliphatic heterocycles. The van der Waals surface area contributed by atoms with Crippen LogP contribution in [0.4, 0.5) is 0 Å². The Morgan fingerprint density at radius 1 is 1.38 bits per heavy atom. The molecule has 3 N–H and O–H groups in total. The molecule has 6 heteroatoms. The fourth-order valence-corrected chi connectivity index (χ4v) is 1.95. The first-order chi connectivity index (χ1) is 9.70. The zero-order valence-corrected chi connectivity index (χ0v) is 12.8. The number of benzene rings is 1. The van der Waals surface area contributed by atoms with E-state index in [1.54, 1.807) is 10.9 Å². The molecule has 0 aliphatic rings. The Labute approximate surface area is 130 Å². The van der Waals surface area contributed by atoms with Crippen molar-refractivity contribution < 1.29 is 4.79 Å². The number of nitrogens with zero attached hydrogens (tertiary/aromatic N) is 2. The summed E-state index contributed by atoms with van der Waals surface area (Å²) in [6, 6.07) is 9.36. The highest BCUT2D eigenvalue weighted by Gasteiger charge is 2.11.